The van der Waals surface area contributed by atoms with Gasteiger partial charge in [0, 0.05) is 11.5 Å². The Morgan fingerprint density at radius 1 is 1.52 bits per heavy atom. The molecular weight excluding hydrogens is 376 g/mol. The van der Waals surface area contributed by atoms with Crippen molar-refractivity contribution in [3.8, 4) is 0 Å². The lowest BCUT2D eigenvalue weighted by atomic mass is 10.3. The van der Waals surface area contributed by atoms with Crippen LogP contribution in [0.15, 0.2) is 41.0 Å². The fraction of sp³-hybridized carbons (Fsp3) is 0.231. The molecule has 21 heavy (non-hydrogen) atoms. The summed E-state index contributed by atoms with van der Waals surface area (Å²) in [5.74, 6) is 0. The molecule has 112 valence electrons. The number of amidine groups is 1. The number of rotatable bonds is 3. The number of thioether (sulfide) groups is 1. The summed E-state index contributed by atoms with van der Waals surface area (Å²) in [6.07, 6.45) is 3.67. The van der Waals surface area contributed by atoms with Crippen LogP contribution >= 0.6 is 39.3 Å². The van der Waals surface area contributed by atoms with Crippen molar-refractivity contribution < 1.29 is 4.79 Å². The van der Waals surface area contributed by atoms with Crippen molar-refractivity contribution in [2.24, 2.45) is 4.99 Å². The molecule has 0 saturated carbocycles. The molecule has 2 N–H and O–H groups in total. The Kier molecular flexibility index (Phi) is 5.96. The molecule has 0 aromatic heterocycles. The average molecular weight is 390 g/mol. The molecule has 8 heteroatoms. The Morgan fingerprint density at radius 3 is 2.95 bits per heavy atom. The van der Waals surface area contributed by atoms with Crippen molar-refractivity contribution >= 4 is 56.2 Å². The van der Waals surface area contributed by atoms with Gasteiger partial charge in [0.15, 0.2) is 5.17 Å². The highest BCUT2D eigenvalue weighted by molar-refractivity contribution is 9.09. The van der Waals surface area contributed by atoms with Crippen molar-refractivity contribution in [1.82, 2.24) is 10.3 Å². The molecule has 0 spiro atoms. The quantitative estimate of drug-likeness (QED) is 0.612. The van der Waals surface area contributed by atoms with E-state index in [1.54, 1.807) is 23.2 Å². The normalized spacial score (nSPS) is 14.3. The lowest BCUT2D eigenvalue weighted by Gasteiger charge is -2.26. The smallest absolute Gasteiger partial charge is 0.296 e. The van der Waals surface area contributed by atoms with E-state index in [-0.39, 0.29) is 6.03 Å². The van der Waals surface area contributed by atoms with Crippen LogP contribution in [0.1, 0.15) is 0 Å². The van der Waals surface area contributed by atoms with Crippen LogP contribution in [0.4, 0.5) is 10.5 Å². The Balaban J connectivity index is 2.02. The predicted molar refractivity (Wildman–Crippen MR) is 93.1 cm³/mol. The van der Waals surface area contributed by atoms with Crippen molar-refractivity contribution in [3.63, 3.8) is 0 Å². The van der Waals surface area contributed by atoms with E-state index in [1.165, 1.54) is 11.8 Å². The predicted octanol–water partition coefficient (Wildman–Crippen LogP) is 3.69. The molecule has 0 radical (unpaired) electrons. The van der Waals surface area contributed by atoms with Crippen LogP contribution in [-0.2, 0) is 0 Å². The maximum absolute atomic E-state index is 12.3. The summed E-state index contributed by atoms with van der Waals surface area (Å²) in [6.45, 7) is 0.501. The number of nitrogens with one attached hydrogen (secondary N) is 2. The maximum atomic E-state index is 12.3. The molecule has 1 aromatic carbocycles. The van der Waals surface area contributed by atoms with Gasteiger partial charge < -0.3 is 0 Å². The number of carbonyl (C=O) groups excluding carboxylic acids is 1. The van der Waals surface area contributed by atoms with E-state index in [0.717, 1.165) is 5.57 Å². The summed E-state index contributed by atoms with van der Waals surface area (Å²) in [5, 5.41) is 1.87. The molecule has 0 fully saturated rings. The Morgan fingerprint density at radius 2 is 2.29 bits per heavy atom. The number of anilines is 1. The summed E-state index contributed by atoms with van der Waals surface area (Å²) in [6, 6.07) is 6.91. The zero-order valence-electron chi connectivity index (χ0n) is 11.3. The molecule has 0 aliphatic carbocycles. The van der Waals surface area contributed by atoms with Crippen LogP contribution in [-0.4, -0.2) is 34.2 Å². The van der Waals surface area contributed by atoms with Crippen LogP contribution in [0.2, 0.25) is 5.02 Å². The second-order valence-corrected chi connectivity index (χ2v) is 5.90. The molecule has 1 aliphatic heterocycles. The van der Waals surface area contributed by atoms with E-state index in [1.807, 2.05) is 18.4 Å². The number of amides is 2. The van der Waals surface area contributed by atoms with E-state index in [9.17, 15) is 4.79 Å². The van der Waals surface area contributed by atoms with Gasteiger partial charge in [-0.1, -0.05) is 51.4 Å². The van der Waals surface area contributed by atoms with Gasteiger partial charge in [0.1, 0.15) is 0 Å². The topological polar surface area (TPSA) is 56.7 Å². The molecule has 1 heterocycles. The number of benzene rings is 1. The van der Waals surface area contributed by atoms with Gasteiger partial charge >= 0.3 is 6.03 Å². The first kappa shape index (κ1) is 16.2. The monoisotopic (exact) mass is 388 g/mol. The first-order chi connectivity index (χ1) is 10.2. The van der Waals surface area contributed by atoms with E-state index in [4.69, 9.17) is 11.6 Å². The second-order valence-electron chi connectivity index (χ2n) is 4.16. The lowest BCUT2D eigenvalue weighted by molar-refractivity contribution is 0.225. The van der Waals surface area contributed by atoms with Crippen LogP contribution in [0.25, 0.3) is 0 Å². The SMILES string of the molecule is CSC1=NC=C(CBr)CN1C(=O)NNc1ccccc1Cl. The van der Waals surface area contributed by atoms with Gasteiger partial charge in [-0.05, 0) is 24.0 Å². The number of carbonyl (C=O) groups is 1. The lowest BCUT2D eigenvalue weighted by Crippen LogP contribution is -2.46. The number of nitrogens with zero attached hydrogens (tertiary/aromatic N) is 2. The van der Waals surface area contributed by atoms with Gasteiger partial charge in [-0.15, -0.1) is 0 Å². The van der Waals surface area contributed by atoms with Crippen molar-refractivity contribution in [3.05, 3.63) is 41.1 Å². The summed E-state index contributed by atoms with van der Waals surface area (Å²) in [7, 11) is 0. The fourth-order valence-electron chi connectivity index (χ4n) is 1.68. The summed E-state index contributed by atoms with van der Waals surface area (Å²) in [4.78, 5) is 18.1. The van der Waals surface area contributed by atoms with Crippen LogP contribution in [0, 0.1) is 0 Å². The Bertz CT molecular complexity index is 593. The number of hydrogen-bond acceptors (Lipinski definition) is 4. The van der Waals surface area contributed by atoms with E-state index >= 15 is 0 Å². The molecule has 0 unspecified atom stereocenters. The fourth-order valence-corrected chi connectivity index (χ4v) is 2.71. The Labute approximate surface area is 140 Å². The number of para-hydroxylation sites is 1. The maximum Gasteiger partial charge on any atom is 0.342 e. The zero-order valence-corrected chi connectivity index (χ0v) is 14.4. The van der Waals surface area contributed by atoms with E-state index < -0.39 is 0 Å². The first-order valence-electron chi connectivity index (χ1n) is 6.09. The molecular formula is C13H14BrClN4OS. The Hall–Kier alpha value is -1.18. The summed E-state index contributed by atoms with van der Waals surface area (Å²) >= 11 is 10.8. The third kappa shape index (κ3) is 4.15. The molecule has 0 atom stereocenters. The number of halogens is 2. The minimum atomic E-state index is -0.283. The van der Waals surface area contributed by atoms with Crippen LogP contribution < -0.4 is 10.9 Å². The van der Waals surface area contributed by atoms with E-state index in [0.29, 0.717) is 27.8 Å². The second kappa shape index (κ2) is 7.72. The van der Waals surface area contributed by atoms with Gasteiger partial charge in [0.25, 0.3) is 0 Å². The largest absolute Gasteiger partial charge is 0.342 e. The van der Waals surface area contributed by atoms with Gasteiger partial charge in [0.05, 0.1) is 17.3 Å². The highest BCUT2D eigenvalue weighted by Gasteiger charge is 2.22. The van der Waals surface area contributed by atoms with Crippen molar-refractivity contribution in [2.75, 3.05) is 23.6 Å². The zero-order chi connectivity index (χ0) is 15.2. The molecule has 1 aromatic rings. The number of alkyl halides is 1. The molecule has 0 bridgehead atoms. The minimum absolute atomic E-state index is 0.283. The number of aliphatic imine (C=N–C) groups is 1. The van der Waals surface area contributed by atoms with Gasteiger partial charge in [-0.25, -0.2) is 9.79 Å². The average Bonchev–Trinajstić information content (AvgIpc) is 2.53. The third-order valence-electron chi connectivity index (χ3n) is 2.73. The third-order valence-corrected chi connectivity index (χ3v) is 4.47. The molecule has 5 nitrogen and oxygen atoms in total. The molecule has 1 aliphatic rings. The number of urea groups is 1. The van der Waals surface area contributed by atoms with Gasteiger partial charge in [-0.2, -0.15) is 0 Å². The van der Waals surface area contributed by atoms with Crippen LogP contribution in [0.3, 0.4) is 0 Å². The number of hydrazine groups is 1. The first-order valence-corrected chi connectivity index (χ1v) is 8.82. The van der Waals surface area contributed by atoms with E-state index in [2.05, 4.69) is 31.8 Å². The van der Waals surface area contributed by atoms with Crippen molar-refractivity contribution in [2.45, 2.75) is 0 Å². The van der Waals surface area contributed by atoms with Gasteiger partial charge in [0.2, 0.25) is 0 Å². The summed E-state index contributed by atoms with van der Waals surface area (Å²) < 4.78 is 0. The standard InChI is InChI=1S/C13H14BrClN4OS/c1-21-13-16-7-9(6-14)8-19(13)12(20)18-17-11-5-3-2-4-10(11)15/h2-5,7,17H,6,8H2,1H3,(H,18,20). The molecule has 2 rings (SSSR count). The molecule has 0 saturated heterocycles. The highest BCUT2D eigenvalue weighted by Crippen LogP contribution is 2.20. The highest BCUT2D eigenvalue weighted by atomic mass is 79.9. The van der Waals surface area contributed by atoms with Gasteiger partial charge in [-0.3, -0.25) is 15.8 Å². The number of hydrogen-bond donors (Lipinski definition) is 2. The molecule has 2 amide bonds. The van der Waals surface area contributed by atoms with Crippen molar-refractivity contribution in [1.29, 1.82) is 0 Å². The minimum Gasteiger partial charge on any atom is -0.296 e. The summed E-state index contributed by atoms with van der Waals surface area (Å²) in [5.41, 5.74) is 7.12. The van der Waals surface area contributed by atoms with Crippen LogP contribution in [0.5, 0.6) is 0 Å².